The van der Waals surface area contributed by atoms with Gasteiger partial charge in [0.05, 0.1) is 57.2 Å². The quantitative estimate of drug-likeness (QED) is 0.0177. The number of amides is 4. The van der Waals surface area contributed by atoms with Crippen molar-refractivity contribution < 1.29 is 102 Å². The molecule has 12 N–H and O–H groups in total. The lowest BCUT2D eigenvalue weighted by atomic mass is 9.95. The van der Waals surface area contributed by atoms with Gasteiger partial charge in [-0.2, -0.15) is 20.4 Å². The number of hydrogen-bond acceptors (Lipinski definition) is 24. The van der Waals surface area contributed by atoms with Crippen LogP contribution >= 0.6 is 46.4 Å². The van der Waals surface area contributed by atoms with E-state index >= 15 is 0 Å². The zero-order valence-corrected chi connectivity index (χ0v) is 70.1. The van der Waals surface area contributed by atoms with Crippen molar-refractivity contribution in [3.8, 4) is 68.0 Å². The Balaban J connectivity index is 0.000000146. The molecule has 672 valence electrons. The van der Waals surface area contributed by atoms with Crippen LogP contribution in [-0.2, 0) is 0 Å². The molecular formula is C82H74Cl4F10N20O12. The number of benzene rings is 4. The van der Waals surface area contributed by atoms with Crippen LogP contribution in [0.15, 0.2) is 171 Å². The molecule has 46 heteroatoms. The molecule has 4 aliphatic rings. The fourth-order valence-electron chi connectivity index (χ4n) is 13.5. The van der Waals surface area contributed by atoms with Gasteiger partial charge < -0.3 is 80.2 Å². The third kappa shape index (κ3) is 24.4. The van der Waals surface area contributed by atoms with Gasteiger partial charge in [0.25, 0.3) is 23.6 Å². The number of nitrogens with one attached hydrogen (secondary N) is 8. The molecular weight excluding hydrogens is 1790 g/mol. The van der Waals surface area contributed by atoms with E-state index in [9.17, 15) is 83.5 Å². The van der Waals surface area contributed by atoms with Crippen LogP contribution in [0.5, 0.6) is 23.0 Å². The summed E-state index contributed by atoms with van der Waals surface area (Å²) >= 11 is 18.9. The molecule has 12 heterocycles. The second kappa shape index (κ2) is 38.2. The highest BCUT2D eigenvalue weighted by Crippen LogP contribution is 2.41. The van der Waals surface area contributed by atoms with E-state index < -0.39 is 68.7 Å². The van der Waals surface area contributed by atoms with Gasteiger partial charge in [-0.1, -0.05) is 0 Å². The van der Waals surface area contributed by atoms with Crippen LogP contribution in [0.3, 0.4) is 0 Å². The molecule has 0 aliphatic carbocycles. The Kier molecular flexibility index (Phi) is 27.6. The number of aromatic nitrogens is 12. The number of halogens is 14. The van der Waals surface area contributed by atoms with Gasteiger partial charge in [0.2, 0.25) is 0 Å². The van der Waals surface area contributed by atoms with Crippen LogP contribution in [0.25, 0.3) is 45.0 Å². The number of hydrogen-bond donors (Lipinski definition) is 12. The Labute approximate surface area is 738 Å². The smallest absolute Gasteiger partial charge is 0.420 e. The van der Waals surface area contributed by atoms with Crippen LogP contribution in [0.2, 0.25) is 0 Å². The lowest BCUT2D eigenvalue weighted by Gasteiger charge is -2.45. The Morgan fingerprint density at radius 2 is 0.656 bits per heavy atom. The molecule has 4 saturated heterocycles. The average Bonchev–Trinajstić information content (AvgIpc) is 1.46. The zero-order valence-electron chi connectivity index (χ0n) is 67.1. The van der Waals surface area contributed by atoms with Crippen LogP contribution in [-0.4, -0.2) is 204 Å². The maximum atomic E-state index is 14.2. The van der Waals surface area contributed by atoms with Gasteiger partial charge in [-0.15, -0.1) is 35.1 Å². The Bertz CT molecular complexity index is 5940. The van der Waals surface area contributed by atoms with Gasteiger partial charge in [0.15, 0.2) is 11.6 Å². The maximum Gasteiger partial charge on any atom is 0.487 e. The second-order valence-electron chi connectivity index (χ2n) is 30.2. The molecule has 0 atom stereocenters. The SMILES string of the molecule is CC1(O)CN(c2ncc(C(=O)Nc3ccc(OC(F)(F)Cl)cc3)cc2-c2[nH]ncc2F)C1.Cc1cc(-c2cc(C(=O)Nc3ccc(OC(F)(F)Cl)cc3)cnc2N2CC(C)(O)C2)n[nH]1.Cc1cc(-c2cc(C(=O)Nc3ccc(OC(F)(F)Cl)cc3)cnc2N2CC(CO)C2)n[nH]1.O=C(Nc1ccc(OC(F)(F)Cl)cc1)c1cnc(N2CC(CO)C2)c(-c2[nH]ncc2F)c1. The Morgan fingerprint density at radius 3 is 0.883 bits per heavy atom. The van der Waals surface area contributed by atoms with Crippen molar-refractivity contribution >= 4 is 116 Å². The van der Waals surface area contributed by atoms with E-state index in [1.807, 2.05) is 40.7 Å². The Morgan fingerprint density at radius 1 is 0.406 bits per heavy atom. The molecule has 4 aromatic carbocycles. The zero-order chi connectivity index (χ0) is 92.0. The number of rotatable bonds is 26. The number of H-pyrrole nitrogens is 4. The molecule has 0 saturated carbocycles. The number of anilines is 8. The molecule has 16 rings (SSSR count). The summed E-state index contributed by atoms with van der Waals surface area (Å²) in [4.78, 5) is 76.1. The summed E-state index contributed by atoms with van der Waals surface area (Å²) in [7, 11) is 0. The number of pyridine rings is 4. The first-order valence-corrected chi connectivity index (χ1v) is 39.7. The number of nitrogens with zero attached hydrogens (tertiary/aromatic N) is 12. The minimum Gasteiger partial charge on any atom is -0.420 e. The first kappa shape index (κ1) is 92.6. The molecule has 4 aliphatic heterocycles. The number of aliphatic hydroxyl groups excluding tert-OH is 2. The molecule has 32 nitrogen and oxygen atoms in total. The molecule has 4 amide bonds. The summed E-state index contributed by atoms with van der Waals surface area (Å²) in [5.41, 5.74) is -9.68. The van der Waals surface area contributed by atoms with E-state index in [4.69, 9.17) is 46.4 Å². The largest absolute Gasteiger partial charge is 0.487 e. The lowest BCUT2D eigenvalue weighted by Crippen LogP contribution is -2.60. The number of aromatic amines is 4. The predicted molar refractivity (Wildman–Crippen MR) is 451 cm³/mol. The number of carbonyl (C=O) groups excluding carboxylic acids is 4. The first-order valence-electron chi connectivity index (χ1n) is 38.2. The minimum absolute atomic E-state index is 0.0388. The van der Waals surface area contributed by atoms with Crippen molar-refractivity contribution in [3.05, 3.63) is 216 Å². The van der Waals surface area contributed by atoms with Gasteiger partial charge >= 0.3 is 22.3 Å². The normalized spacial score (nSPS) is 14.7. The highest BCUT2D eigenvalue weighted by Gasteiger charge is 2.42. The van der Waals surface area contributed by atoms with E-state index in [-0.39, 0.29) is 76.1 Å². The van der Waals surface area contributed by atoms with E-state index in [1.54, 1.807) is 30.9 Å². The fourth-order valence-corrected chi connectivity index (χ4v) is 13.8. The Hall–Kier alpha value is -13.1. The number of β-amino-alcohol motifs (C(OH)–C–C–N with tert-alkyl or cyclic N) is 2. The molecule has 12 aromatic rings. The van der Waals surface area contributed by atoms with E-state index in [0.29, 0.717) is 138 Å². The fraction of sp³-hybridized carbons (Fsp3) is 0.268. The average molecular weight is 1860 g/mol. The van der Waals surface area contributed by atoms with Crippen LogP contribution in [0.1, 0.15) is 66.7 Å². The monoisotopic (exact) mass is 1860 g/mol. The number of aliphatic hydroxyl groups is 4. The summed E-state index contributed by atoms with van der Waals surface area (Å²) in [5.74, 6) is -1.40. The van der Waals surface area contributed by atoms with Crippen molar-refractivity contribution in [2.75, 3.05) is 106 Å². The van der Waals surface area contributed by atoms with Crippen molar-refractivity contribution in [2.24, 2.45) is 11.8 Å². The van der Waals surface area contributed by atoms with Crippen molar-refractivity contribution in [3.63, 3.8) is 0 Å². The highest BCUT2D eigenvalue weighted by molar-refractivity contribution is 6.21. The summed E-state index contributed by atoms with van der Waals surface area (Å²) < 4.78 is 147. The molecule has 0 bridgehead atoms. The van der Waals surface area contributed by atoms with Crippen molar-refractivity contribution in [2.45, 2.75) is 61.2 Å². The summed E-state index contributed by atoms with van der Waals surface area (Å²) in [5, 5.41) is 76.1. The summed E-state index contributed by atoms with van der Waals surface area (Å²) in [6.07, 6.45) is 7.59. The molecule has 0 radical (unpaired) electrons. The molecule has 8 aromatic heterocycles. The van der Waals surface area contributed by atoms with Crippen LogP contribution in [0.4, 0.5) is 89.9 Å². The minimum atomic E-state index is -3.85. The van der Waals surface area contributed by atoms with Crippen LogP contribution < -0.4 is 59.8 Å². The van der Waals surface area contributed by atoms with Gasteiger partial charge in [-0.25, -0.2) is 28.7 Å². The number of carbonyl (C=O) groups is 4. The third-order valence-electron chi connectivity index (χ3n) is 19.3. The van der Waals surface area contributed by atoms with Gasteiger partial charge in [0.1, 0.15) is 57.7 Å². The molecule has 0 unspecified atom stereocenters. The number of aryl methyl sites for hydroxylation is 2. The van der Waals surface area contributed by atoms with Crippen molar-refractivity contribution in [1.82, 2.24) is 60.7 Å². The van der Waals surface area contributed by atoms with E-state index in [2.05, 4.69) is 101 Å². The number of ether oxygens (including phenoxy) is 4. The third-order valence-corrected chi connectivity index (χ3v) is 19.7. The summed E-state index contributed by atoms with van der Waals surface area (Å²) in [6.45, 7) is 11.2. The molecule has 4 fully saturated rings. The number of alkyl halides is 12. The molecule has 0 spiro atoms. The van der Waals surface area contributed by atoms with E-state index in [0.717, 1.165) is 23.8 Å². The van der Waals surface area contributed by atoms with Crippen molar-refractivity contribution in [1.29, 1.82) is 0 Å². The van der Waals surface area contributed by atoms with Gasteiger partial charge in [0, 0.05) is 205 Å². The standard InChI is InChI=1S/2C21H20ClF2N5O3.2C20H17ClF3N5O3/c1-12-7-17(28-27-12)16-8-13(9-25-18(16)29-10-20(2,31)11-29)19(30)26-14-3-5-15(6-4-14)32-21(22,23)24;1-12-6-18(28-27-12)17-7-14(8-25-19(17)29-9-13(10-29)11-30)20(31)26-15-2-4-16(5-3-15)32-21(22,23)24;1-19(31)9-29(10-19)17-14(16-15(22)8-26-28-16)6-11(7-25-17)18(30)27-12-2-4-13(5-3-12)32-20(21,23)24;21-20(23,24)32-14-3-1-13(2-4-14)27-19(31)12-5-15(17-16(22)7-26-28-17)18(25-6-12)29-8-11(9-29)10-30/h3-9,31H,10-11H2,1-2H3,(H,26,30)(H,27,28);2-8,13,30H,9-11H2,1H3,(H,26,31)(H,27,28);2-8,31H,9-10H2,1H3,(H,26,28)(H,27,30);1-7,11,30H,8-10H2,(H,26,28)(H,27,31). The maximum absolute atomic E-state index is 14.2. The summed E-state index contributed by atoms with van der Waals surface area (Å²) in [6, 6.07) is 31.1. The predicted octanol–water partition coefficient (Wildman–Crippen LogP) is 14.5. The second-order valence-corrected chi connectivity index (χ2v) is 31.9. The van der Waals surface area contributed by atoms with Gasteiger partial charge in [-0.3, -0.25) is 39.6 Å². The lowest BCUT2D eigenvalue weighted by molar-refractivity contribution is -0.0972. The van der Waals surface area contributed by atoms with Gasteiger partial charge in [-0.05, 0) is 161 Å². The van der Waals surface area contributed by atoms with E-state index in [1.165, 1.54) is 134 Å². The highest BCUT2D eigenvalue weighted by atomic mass is 35.5. The first-order chi connectivity index (χ1) is 60.4. The van der Waals surface area contributed by atoms with Crippen LogP contribution in [0, 0.1) is 37.3 Å². The molecule has 128 heavy (non-hydrogen) atoms. The topological polar surface area (TPSA) is 413 Å².